The van der Waals surface area contributed by atoms with E-state index in [1.54, 1.807) is 6.92 Å². The Labute approximate surface area is 116 Å². The van der Waals surface area contributed by atoms with Crippen LogP contribution < -0.4 is 9.88 Å². The molecule has 0 amide bonds. The third-order valence-corrected chi connectivity index (χ3v) is 3.81. The Morgan fingerprint density at radius 2 is 1.74 bits per heavy atom. The second kappa shape index (κ2) is 5.92. The molecule has 0 bridgehead atoms. The topological polar surface area (TPSA) is 69.4 Å². The van der Waals surface area contributed by atoms with Crippen LogP contribution in [0.25, 0.3) is 0 Å². The fraction of sp³-hybridized carbons (Fsp3) is 0.571. The maximum atomic E-state index is 10.9. The summed E-state index contributed by atoms with van der Waals surface area (Å²) in [6, 6.07) is 7.87. The first-order valence-electron chi connectivity index (χ1n) is 6.32. The molecular formula is C14H23NO3S. The Bertz CT molecular complexity index is 500. The minimum absolute atomic E-state index is 0.0624. The van der Waals surface area contributed by atoms with Crippen LogP contribution in [0.1, 0.15) is 33.3 Å². The van der Waals surface area contributed by atoms with Crippen LogP contribution in [-0.2, 0) is 15.4 Å². The molecular weight excluding hydrogens is 262 g/mol. The maximum Gasteiger partial charge on any atom is 0.209 e. The lowest BCUT2D eigenvalue weighted by Gasteiger charge is -2.19. The van der Waals surface area contributed by atoms with Gasteiger partial charge in [0.25, 0.3) is 0 Å². The van der Waals surface area contributed by atoms with Gasteiger partial charge in [-0.3, -0.25) is 0 Å². The number of hydrogen-bond donors (Lipinski definition) is 1. The quantitative estimate of drug-likeness (QED) is 0.902. The molecule has 1 aromatic rings. The Kier molecular flexibility index (Phi) is 4.98. The molecule has 0 fully saturated rings. The summed E-state index contributed by atoms with van der Waals surface area (Å²) in [5.74, 6) is 0.555. The Hall–Kier alpha value is -1.07. The molecule has 2 N–H and O–H groups in total. The Morgan fingerprint density at radius 1 is 1.21 bits per heavy atom. The zero-order valence-corrected chi connectivity index (χ0v) is 12.8. The summed E-state index contributed by atoms with van der Waals surface area (Å²) in [5.41, 5.74) is 1.34. The van der Waals surface area contributed by atoms with E-state index in [4.69, 9.17) is 9.88 Å². The van der Waals surface area contributed by atoms with Crippen LogP contribution in [-0.4, -0.2) is 20.8 Å². The van der Waals surface area contributed by atoms with E-state index in [0.717, 1.165) is 5.75 Å². The number of hydrogen-bond acceptors (Lipinski definition) is 3. The molecule has 0 aromatic heterocycles. The summed E-state index contributed by atoms with van der Waals surface area (Å²) in [7, 11) is -3.43. The highest BCUT2D eigenvalue weighted by molar-refractivity contribution is 7.89. The zero-order valence-electron chi connectivity index (χ0n) is 12.0. The van der Waals surface area contributed by atoms with Crippen molar-refractivity contribution in [1.29, 1.82) is 0 Å². The van der Waals surface area contributed by atoms with E-state index in [9.17, 15) is 8.42 Å². The van der Waals surface area contributed by atoms with E-state index in [1.165, 1.54) is 5.56 Å². The van der Waals surface area contributed by atoms with Crippen LogP contribution in [0, 0.1) is 5.92 Å². The van der Waals surface area contributed by atoms with Crippen LogP contribution in [0.4, 0.5) is 0 Å². The molecule has 19 heavy (non-hydrogen) atoms. The molecule has 0 saturated carbocycles. The zero-order chi connectivity index (χ0) is 14.7. The van der Waals surface area contributed by atoms with E-state index < -0.39 is 10.0 Å². The van der Waals surface area contributed by atoms with Crippen molar-refractivity contribution in [3.05, 3.63) is 29.8 Å². The standard InChI is InChI=1S/C14H23NO3S/c1-11(10-19(15,16)17)9-18-13-7-5-12(6-8-13)14(2,3)4/h5-8,11H,9-10H2,1-4H3,(H2,15,16,17). The SMILES string of the molecule is CC(COc1ccc(C(C)(C)C)cc1)CS(N)(=O)=O. The molecule has 1 unspecified atom stereocenters. The molecule has 0 aliphatic carbocycles. The van der Waals surface area contributed by atoms with Gasteiger partial charge in [0, 0.05) is 5.92 Å². The van der Waals surface area contributed by atoms with Crippen molar-refractivity contribution in [3.63, 3.8) is 0 Å². The van der Waals surface area contributed by atoms with Gasteiger partial charge in [0.1, 0.15) is 5.75 Å². The van der Waals surface area contributed by atoms with Crippen LogP contribution in [0.3, 0.4) is 0 Å². The number of ether oxygens (including phenoxy) is 1. The van der Waals surface area contributed by atoms with E-state index in [0.29, 0.717) is 6.61 Å². The third-order valence-electron chi connectivity index (χ3n) is 2.77. The lowest BCUT2D eigenvalue weighted by molar-refractivity contribution is 0.271. The molecule has 108 valence electrons. The number of rotatable bonds is 5. The van der Waals surface area contributed by atoms with Crippen molar-refractivity contribution < 1.29 is 13.2 Å². The van der Waals surface area contributed by atoms with Gasteiger partial charge in [0.2, 0.25) is 10.0 Å². The summed E-state index contributed by atoms with van der Waals surface area (Å²) in [5, 5.41) is 4.99. The molecule has 4 nitrogen and oxygen atoms in total. The normalized spacial score (nSPS) is 14.2. The number of nitrogens with two attached hydrogens (primary N) is 1. The van der Waals surface area contributed by atoms with Gasteiger partial charge in [-0.25, -0.2) is 13.6 Å². The van der Waals surface area contributed by atoms with E-state index in [1.807, 2.05) is 24.3 Å². The number of primary sulfonamides is 1. The average Bonchev–Trinajstić information content (AvgIpc) is 2.23. The number of sulfonamides is 1. The molecule has 0 saturated heterocycles. The van der Waals surface area contributed by atoms with Crippen molar-refractivity contribution in [3.8, 4) is 5.75 Å². The molecule has 0 spiro atoms. The van der Waals surface area contributed by atoms with Crippen molar-refractivity contribution in [2.45, 2.75) is 33.1 Å². The fourth-order valence-electron chi connectivity index (χ4n) is 1.73. The second-order valence-electron chi connectivity index (χ2n) is 6.02. The van der Waals surface area contributed by atoms with Gasteiger partial charge in [-0.1, -0.05) is 39.8 Å². The molecule has 0 heterocycles. The molecule has 5 heteroatoms. The Balaban J connectivity index is 2.55. The minimum atomic E-state index is -3.43. The average molecular weight is 285 g/mol. The molecule has 0 aliphatic heterocycles. The fourth-order valence-corrected chi connectivity index (χ4v) is 2.62. The molecule has 0 aliphatic rings. The van der Waals surface area contributed by atoms with Crippen molar-refractivity contribution >= 4 is 10.0 Å². The summed E-state index contributed by atoms with van der Waals surface area (Å²) in [6.45, 7) is 8.59. The molecule has 1 atom stereocenters. The van der Waals surface area contributed by atoms with Gasteiger partial charge >= 0.3 is 0 Å². The lowest BCUT2D eigenvalue weighted by Crippen LogP contribution is -2.25. The number of benzene rings is 1. The van der Waals surface area contributed by atoms with E-state index >= 15 is 0 Å². The maximum absolute atomic E-state index is 10.9. The van der Waals surface area contributed by atoms with Crippen LogP contribution >= 0.6 is 0 Å². The van der Waals surface area contributed by atoms with Gasteiger partial charge in [-0.2, -0.15) is 0 Å². The lowest BCUT2D eigenvalue weighted by atomic mass is 9.87. The smallest absolute Gasteiger partial charge is 0.209 e. The first kappa shape index (κ1) is 16.0. The highest BCUT2D eigenvalue weighted by atomic mass is 32.2. The minimum Gasteiger partial charge on any atom is -0.493 e. The molecule has 1 rings (SSSR count). The first-order valence-corrected chi connectivity index (χ1v) is 8.03. The third kappa shape index (κ3) is 6.07. The summed E-state index contributed by atoms with van der Waals surface area (Å²) in [6.07, 6.45) is 0. The predicted molar refractivity (Wildman–Crippen MR) is 77.8 cm³/mol. The van der Waals surface area contributed by atoms with Crippen LogP contribution in [0.15, 0.2) is 24.3 Å². The largest absolute Gasteiger partial charge is 0.493 e. The highest BCUT2D eigenvalue weighted by Gasteiger charge is 2.14. The van der Waals surface area contributed by atoms with Gasteiger partial charge in [0.05, 0.1) is 12.4 Å². The van der Waals surface area contributed by atoms with Crippen LogP contribution in [0.2, 0.25) is 0 Å². The van der Waals surface area contributed by atoms with Gasteiger partial charge in [-0.05, 0) is 23.1 Å². The highest BCUT2D eigenvalue weighted by Crippen LogP contribution is 2.24. The molecule has 0 radical (unpaired) electrons. The summed E-state index contributed by atoms with van der Waals surface area (Å²) in [4.78, 5) is 0. The monoisotopic (exact) mass is 285 g/mol. The molecule has 1 aromatic carbocycles. The van der Waals surface area contributed by atoms with Gasteiger partial charge < -0.3 is 4.74 Å². The Morgan fingerprint density at radius 3 is 2.16 bits per heavy atom. The summed E-state index contributed by atoms with van der Waals surface area (Å²) >= 11 is 0. The summed E-state index contributed by atoms with van der Waals surface area (Å²) < 4.78 is 27.4. The van der Waals surface area contributed by atoms with Crippen molar-refractivity contribution in [1.82, 2.24) is 0 Å². The van der Waals surface area contributed by atoms with E-state index in [-0.39, 0.29) is 17.1 Å². The van der Waals surface area contributed by atoms with Gasteiger partial charge in [0.15, 0.2) is 0 Å². The van der Waals surface area contributed by atoms with Gasteiger partial charge in [-0.15, -0.1) is 0 Å². The van der Waals surface area contributed by atoms with Crippen LogP contribution in [0.5, 0.6) is 5.75 Å². The first-order chi connectivity index (χ1) is 8.58. The van der Waals surface area contributed by atoms with E-state index in [2.05, 4.69) is 20.8 Å². The van der Waals surface area contributed by atoms with Crippen molar-refractivity contribution in [2.24, 2.45) is 11.1 Å². The second-order valence-corrected chi connectivity index (χ2v) is 7.68. The predicted octanol–water partition coefficient (Wildman–Crippen LogP) is 2.29. The van der Waals surface area contributed by atoms with Crippen molar-refractivity contribution in [2.75, 3.05) is 12.4 Å².